The Kier molecular flexibility index (Phi) is 5.39. The molecule has 2 heterocycles. The second kappa shape index (κ2) is 7.58. The molecule has 146 valence electrons. The van der Waals surface area contributed by atoms with E-state index in [1.54, 1.807) is 11.0 Å². The van der Waals surface area contributed by atoms with Gasteiger partial charge < -0.3 is 19.3 Å². The number of aromatic nitrogens is 1. The Balaban J connectivity index is 1.56. The summed E-state index contributed by atoms with van der Waals surface area (Å²) < 4.78 is 10.7. The highest BCUT2D eigenvalue weighted by Crippen LogP contribution is 2.29. The van der Waals surface area contributed by atoms with Crippen molar-refractivity contribution in [2.45, 2.75) is 52.1 Å². The van der Waals surface area contributed by atoms with E-state index in [0.717, 1.165) is 25.0 Å². The van der Waals surface area contributed by atoms with Gasteiger partial charge in [0.05, 0.1) is 11.3 Å². The van der Waals surface area contributed by atoms with Crippen LogP contribution in [0.2, 0.25) is 0 Å². The average molecular weight is 374 g/mol. The number of amides is 1. The number of phenols is 1. The van der Waals surface area contributed by atoms with Crippen molar-refractivity contribution in [3.8, 4) is 5.75 Å². The van der Waals surface area contributed by atoms with Crippen molar-refractivity contribution in [2.75, 3.05) is 13.1 Å². The van der Waals surface area contributed by atoms with Gasteiger partial charge in [0.1, 0.15) is 11.4 Å². The number of hydrogen-bond acceptors (Lipinski definition) is 6. The number of fused-ring (bicyclic) bond motifs is 1. The molecule has 3 rings (SSSR count). The molecule has 0 unspecified atom stereocenters. The lowest BCUT2D eigenvalue weighted by atomic mass is 9.91. The summed E-state index contributed by atoms with van der Waals surface area (Å²) in [6.45, 7) is 6.99. The SMILES string of the molecule is CC(C)(C)OC(=O)N1CCC(CCc2noc3c(C=O)cc(O)cc23)CC1. The van der Waals surface area contributed by atoms with Crippen molar-refractivity contribution >= 4 is 23.3 Å². The molecule has 1 aliphatic heterocycles. The van der Waals surface area contributed by atoms with Crippen LogP contribution in [-0.2, 0) is 11.2 Å². The van der Waals surface area contributed by atoms with Crippen molar-refractivity contribution in [1.82, 2.24) is 10.1 Å². The highest BCUT2D eigenvalue weighted by Gasteiger charge is 2.27. The van der Waals surface area contributed by atoms with Gasteiger partial charge in [-0.2, -0.15) is 0 Å². The summed E-state index contributed by atoms with van der Waals surface area (Å²) >= 11 is 0. The van der Waals surface area contributed by atoms with E-state index in [4.69, 9.17) is 9.26 Å². The Morgan fingerprint density at radius 2 is 2.07 bits per heavy atom. The second-order valence-electron chi connectivity index (χ2n) is 8.11. The minimum Gasteiger partial charge on any atom is -0.508 e. The molecule has 0 radical (unpaired) electrons. The standard InChI is InChI=1S/C20H26N2O5/c1-20(2,3)26-19(25)22-8-6-13(7-9-22)4-5-17-16-11-15(24)10-14(12-23)18(16)27-21-17/h10-13,24H,4-9H2,1-3H3. The quantitative estimate of drug-likeness (QED) is 0.815. The van der Waals surface area contributed by atoms with E-state index in [2.05, 4.69) is 5.16 Å². The molecule has 1 aliphatic rings. The molecule has 0 saturated carbocycles. The van der Waals surface area contributed by atoms with E-state index in [0.29, 0.717) is 48.2 Å². The first-order chi connectivity index (χ1) is 12.8. The lowest BCUT2D eigenvalue weighted by Gasteiger charge is -2.33. The zero-order valence-corrected chi connectivity index (χ0v) is 16.0. The Morgan fingerprint density at radius 1 is 1.37 bits per heavy atom. The fourth-order valence-electron chi connectivity index (χ4n) is 3.44. The van der Waals surface area contributed by atoms with Crippen LogP contribution in [0.1, 0.15) is 56.1 Å². The molecule has 1 aromatic heterocycles. The maximum absolute atomic E-state index is 12.1. The monoisotopic (exact) mass is 374 g/mol. The Hall–Kier alpha value is -2.57. The maximum atomic E-state index is 12.1. The number of likely N-dealkylation sites (tertiary alicyclic amines) is 1. The number of nitrogens with zero attached hydrogens (tertiary/aromatic N) is 2. The summed E-state index contributed by atoms with van der Waals surface area (Å²) in [5.41, 5.74) is 0.985. The molecule has 7 heteroatoms. The smallest absolute Gasteiger partial charge is 0.410 e. The van der Waals surface area contributed by atoms with Gasteiger partial charge in [-0.1, -0.05) is 5.16 Å². The predicted molar refractivity (Wildman–Crippen MR) is 99.9 cm³/mol. The summed E-state index contributed by atoms with van der Waals surface area (Å²) in [6, 6.07) is 2.95. The van der Waals surface area contributed by atoms with Crippen LogP contribution in [0.4, 0.5) is 4.79 Å². The number of aldehydes is 1. The zero-order chi connectivity index (χ0) is 19.6. The van der Waals surface area contributed by atoms with E-state index < -0.39 is 5.60 Å². The summed E-state index contributed by atoms with van der Waals surface area (Å²) in [7, 11) is 0. The number of piperidine rings is 1. The minimum atomic E-state index is -0.478. The summed E-state index contributed by atoms with van der Waals surface area (Å²) in [6.07, 6.45) is 3.85. The largest absolute Gasteiger partial charge is 0.508 e. The van der Waals surface area contributed by atoms with E-state index in [-0.39, 0.29) is 11.8 Å². The van der Waals surface area contributed by atoms with Crippen molar-refractivity contribution < 1.29 is 24.0 Å². The number of carbonyl (C=O) groups is 2. The number of aromatic hydroxyl groups is 1. The van der Waals surface area contributed by atoms with Crippen LogP contribution in [0.5, 0.6) is 5.75 Å². The average Bonchev–Trinajstić information content (AvgIpc) is 3.01. The number of aryl methyl sites for hydroxylation is 1. The fourth-order valence-corrected chi connectivity index (χ4v) is 3.44. The van der Waals surface area contributed by atoms with E-state index >= 15 is 0 Å². The Morgan fingerprint density at radius 3 is 2.70 bits per heavy atom. The molecule has 0 bridgehead atoms. The number of hydrogen-bond donors (Lipinski definition) is 1. The molecule has 1 amide bonds. The predicted octanol–water partition coefficient (Wildman–Crippen LogP) is 3.93. The summed E-state index contributed by atoms with van der Waals surface area (Å²) in [5, 5.41) is 14.6. The van der Waals surface area contributed by atoms with Gasteiger partial charge in [0.25, 0.3) is 0 Å². The minimum absolute atomic E-state index is 0.0275. The third-order valence-corrected chi connectivity index (χ3v) is 4.84. The van der Waals surface area contributed by atoms with Gasteiger partial charge in [0.15, 0.2) is 11.9 Å². The first-order valence-electron chi connectivity index (χ1n) is 9.31. The number of phenolic OH excluding ortho intramolecular Hbond substituents is 1. The second-order valence-corrected chi connectivity index (χ2v) is 8.11. The highest BCUT2D eigenvalue weighted by molar-refractivity contribution is 5.96. The van der Waals surface area contributed by atoms with Crippen LogP contribution >= 0.6 is 0 Å². The fraction of sp³-hybridized carbons (Fsp3) is 0.550. The molecule has 0 aliphatic carbocycles. The molecule has 1 N–H and O–H groups in total. The number of rotatable bonds is 4. The van der Waals surface area contributed by atoms with Gasteiger partial charge >= 0.3 is 6.09 Å². The topological polar surface area (TPSA) is 92.9 Å². The van der Waals surface area contributed by atoms with Crippen molar-refractivity contribution in [3.63, 3.8) is 0 Å². The van der Waals surface area contributed by atoms with Crippen molar-refractivity contribution in [2.24, 2.45) is 5.92 Å². The number of ether oxygens (including phenoxy) is 1. The van der Waals surface area contributed by atoms with Crippen LogP contribution in [0, 0.1) is 5.92 Å². The molecule has 0 atom stereocenters. The van der Waals surface area contributed by atoms with Gasteiger partial charge in [-0.25, -0.2) is 4.79 Å². The first-order valence-corrected chi connectivity index (χ1v) is 9.31. The molecule has 7 nitrogen and oxygen atoms in total. The summed E-state index contributed by atoms with van der Waals surface area (Å²) in [5.74, 6) is 0.512. The third kappa shape index (κ3) is 4.59. The molecule has 2 aromatic rings. The van der Waals surface area contributed by atoms with E-state index in [1.807, 2.05) is 20.8 Å². The first kappa shape index (κ1) is 19.2. The zero-order valence-electron chi connectivity index (χ0n) is 16.0. The Labute approximate surface area is 158 Å². The van der Waals surface area contributed by atoms with Crippen LogP contribution in [0.15, 0.2) is 16.7 Å². The Bertz CT molecular complexity index is 829. The third-order valence-electron chi connectivity index (χ3n) is 4.84. The van der Waals surface area contributed by atoms with Crippen LogP contribution < -0.4 is 0 Å². The van der Waals surface area contributed by atoms with Gasteiger partial charge in [-0.3, -0.25) is 4.79 Å². The van der Waals surface area contributed by atoms with Gasteiger partial charge in [0.2, 0.25) is 0 Å². The maximum Gasteiger partial charge on any atom is 0.410 e. The summed E-state index contributed by atoms with van der Waals surface area (Å²) in [4.78, 5) is 25.0. The van der Waals surface area contributed by atoms with E-state index in [9.17, 15) is 14.7 Å². The van der Waals surface area contributed by atoms with Crippen LogP contribution in [-0.4, -0.2) is 46.2 Å². The number of benzene rings is 1. The van der Waals surface area contributed by atoms with Crippen LogP contribution in [0.25, 0.3) is 11.0 Å². The molecule has 1 aromatic carbocycles. The van der Waals surface area contributed by atoms with Crippen LogP contribution in [0.3, 0.4) is 0 Å². The van der Waals surface area contributed by atoms with Gasteiger partial charge in [-0.15, -0.1) is 0 Å². The molecule has 27 heavy (non-hydrogen) atoms. The molecular formula is C20H26N2O5. The van der Waals surface area contributed by atoms with Gasteiger partial charge in [0, 0.05) is 18.5 Å². The van der Waals surface area contributed by atoms with E-state index in [1.165, 1.54) is 6.07 Å². The van der Waals surface area contributed by atoms with Crippen molar-refractivity contribution in [1.29, 1.82) is 0 Å². The molecule has 1 saturated heterocycles. The molecule has 0 spiro atoms. The van der Waals surface area contributed by atoms with Crippen molar-refractivity contribution in [3.05, 3.63) is 23.4 Å². The lowest BCUT2D eigenvalue weighted by molar-refractivity contribution is 0.0181. The normalized spacial score (nSPS) is 15.9. The number of carbonyl (C=O) groups excluding carboxylic acids is 2. The molecular weight excluding hydrogens is 348 g/mol. The highest BCUT2D eigenvalue weighted by atomic mass is 16.6. The molecule has 1 fully saturated rings. The van der Waals surface area contributed by atoms with Gasteiger partial charge in [-0.05, 0) is 64.5 Å². The lowest BCUT2D eigenvalue weighted by Crippen LogP contribution is -2.41.